The van der Waals surface area contributed by atoms with Gasteiger partial charge < -0.3 is 80.9 Å². The number of aromatic amines is 4. The van der Waals surface area contributed by atoms with E-state index in [1.165, 1.54) is 52.5 Å². The van der Waals surface area contributed by atoms with E-state index in [0.717, 1.165) is 44.3 Å². The third kappa shape index (κ3) is 23.8. The van der Waals surface area contributed by atoms with Crippen molar-refractivity contribution in [3.05, 3.63) is 170 Å². The second-order valence-corrected chi connectivity index (χ2v) is 40.9. The lowest BCUT2D eigenvalue weighted by Crippen LogP contribution is -2.33. The van der Waals surface area contributed by atoms with Gasteiger partial charge in [0.15, 0.2) is 33.8 Å². The van der Waals surface area contributed by atoms with Crippen LogP contribution in [0.5, 0.6) is 0 Å². The van der Waals surface area contributed by atoms with Crippen LogP contribution in [0.3, 0.4) is 0 Å². The summed E-state index contributed by atoms with van der Waals surface area (Å²) in [5.41, 5.74) is 18.0. The molecule has 19 N–H and O–H groups in total. The molecule has 0 saturated carbocycles. The molecule has 9 aromatic heterocycles. The first-order valence-electron chi connectivity index (χ1n) is 41.9. The molecule has 0 spiro atoms. The monoisotopic (exact) mass is 2060 g/mol. The molecular formula is C72H91N23O37P6. The van der Waals surface area contributed by atoms with E-state index in [4.69, 9.17) is 112 Å². The second kappa shape index (κ2) is 41.6. The molecule has 24 atom stereocenters. The number of aliphatic hydroxyl groups is 1. The van der Waals surface area contributed by atoms with Gasteiger partial charge in [-0.05, 0) is 38.3 Å². The largest absolute Gasteiger partial charge is 0.472 e. The van der Waals surface area contributed by atoms with E-state index >= 15 is 0 Å². The first kappa shape index (κ1) is 101. The fourth-order valence-electron chi connectivity index (χ4n) is 15.8. The summed E-state index contributed by atoms with van der Waals surface area (Å²) >= 11 is 0. The number of terminal acetylenes is 1. The molecule has 15 heterocycles. The van der Waals surface area contributed by atoms with E-state index in [1.54, 1.807) is 0 Å². The van der Waals surface area contributed by atoms with Gasteiger partial charge in [-0.15, -0.1) is 12.3 Å². The van der Waals surface area contributed by atoms with Gasteiger partial charge in [-0.25, -0.2) is 71.8 Å². The lowest BCUT2D eigenvalue weighted by atomic mass is 10.2. The molecule has 0 aliphatic carbocycles. The minimum absolute atomic E-state index is 0.0574. The second-order valence-electron chi connectivity index (χ2n) is 32.0. The molecule has 0 radical (unpaired) electrons. The van der Waals surface area contributed by atoms with Gasteiger partial charge in [0.2, 0.25) is 11.9 Å². The molecule has 6 unspecified atom stereocenters. The van der Waals surface area contributed by atoms with Crippen molar-refractivity contribution in [2.45, 2.75) is 182 Å². The van der Waals surface area contributed by atoms with E-state index < -0.39 is 262 Å². The summed E-state index contributed by atoms with van der Waals surface area (Å²) in [7, 11) is -32.2. The molecule has 0 amide bonds. The predicted octanol–water partition coefficient (Wildman–Crippen LogP) is 0.380. The number of fused-ring (bicyclic) bond motifs is 3. The Balaban J connectivity index is 0.608. The average Bonchev–Trinajstić information content (AvgIpc) is 1.63. The first-order valence-corrected chi connectivity index (χ1v) is 50.9. The zero-order valence-electron chi connectivity index (χ0n) is 72.1. The number of benzene rings is 1. The summed E-state index contributed by atoms with van der Waals surface area (Å²) in [6.07, 6.45) is -16.7. The zero-order valence-corrected chi connectivity index (χ0v) is 77.5. The van der Waals surface area contributed by atoms with E-state index in [-0.39, 0.29) is 107 Å². The Morgan fingerprint density at radius 1 is 0.457 bits per heavy atom. The van der Waals surface area contributed by atoms with Crippen LogP contribution in [0.1, 0.15) is 105 Å². The number of phosphoric acid groups is 5. The van der Waals surface area contributed by atoms with E-state index in [2.05, 4.69) is 70.8 Å². The first-order chi connectivity index (χ1) is 65.5. The Labute approximate surface area is 772 Å². The summed E-state index contributed by atoms with van der Waals surface area (Å²) in [5.74, 6) is 1.45. The Kier molecular flexibility index (Phi) is 30.4. The Morgan fingerprint density at radius 2 is 0.841 bits per heavy atom. The van der Waals surface area contributed by atoms with Gasteiger partial charge in [0, 0.05) is 81.2 Å². The molecule has 6 saturated heterocycles. The van der Waals surface area contributed by atoms with Gasteiger partial charge in [0.05, 0.1) is 71.3 Å². The molecule has 6 aliphatic rings. The minimum Gasteiger partial charge on any atom is -0.390 e. The van der Waals surface area contributed by atoms with Gasteiger partial charge in [-0.2, -0.15) is 15.0 Å². The summed E-state index contributed by atoms with van der Waals surface area (Å²) in [5, 5.41) is 13.7. The summed E-state index contributed by atoms with van der Waals surface area (Å²) < 4.78 is 198. The lowest BCUT2D eigenvalue weighted by molar-refractivity contribution is -0.0650. The van der Waals surface area contributed by atoms with Crippen LogP contribution in [0.4, 0.5) is 23.5 Å². The Morgan fingerprint density at radius 3 is 1.27 bits per heavy atom. The van der Waals surface area contributed by atoms with Crippen LogP contribution in [-0.4, -0.2) is 243 Å². The van der Waals surface area contributed by atoms with Crippen molar-refractivity contribution in [2.24, 2.45) is 0 Å². The smallest absolute Gasteiger partial charge is 0.390 e. The van der Waals surface area contributed by atoms with Crippen LogP contribution >= 0.6 is 46.9 Å². The summed E-state index contributed by atoms with van der Waals surface area (Å²) in [6, 6.07) is 10.3. The Bertz CT molecular complexity index is 6970. The number of ether oxygens (including phenoxy) is 6. The molecule has 60 nitrogen and oxygen atoms in total. The Hall–Kier alpha value is -10.1. The number of H-pyrrole nitrogens is 4. The van der Waals surface area contributed by atoms with Crippen LogP contribution in [0.2, 0.25) is 0 Å². The van der Waals surface area contributed by atoms with Crippen LogP contribution in [0.25, 0.3) is 33.5 Å². The van der Waals surface area contributed by atoms with Gasteiger partial charge in [0.25, 0.3) is 22.2 Å². The van der Waals surface area contributed by atoms with Crippen molar-refractivity contribution in [1.82, 2.24) is 92.3 Å². The number of aromatic nitrogens is 18. The number of hydrogen-bond acceptors (Lipinski definition) is 44. The van der Waals surface area contributed by atoms with Crippen molar-refractivity contribution >= 4 is 104 Å². The molecule has 6 aliphatic heterocycles. The predicted molar refractivity (Wildman–Crippen MR) is 466 cm³/mol. The third-order valence-electron chi connectivity index (χ3n) is 22.4. The van der Waals surface area contributed by atoms with Gasteiger partial charge in [-0.1, -0.05) is 30.3 Å². The number of unbranched alkanes of at least 4 members (excludes halogenated alkanes) is 1. The fraction of sp³-hybridized carbons (Fsp3) is 0.514. The number of aryl methyl sites for hydroxylation is 2. The number of rotatable bonds is 42. The van der Waals surface area contributed by atoms with Gasteiger partial charge >= 0.3 is 63.9 Å². The molecule has 138 heavy (non-hydrogen) atoms. The van der Waals surface area contributed by atoms with Crippen LogP contribution in [0.15, 0.2) is 114 Å². The summed E-state index contributed by atoms with van der Waals surface area (Å²) in [4.78, 5) is 190. The lowest BCUT2D eigenvalue weighted by Gasteiger charge is -2.26. The normalized spacial score (nSPS) is 27.7. The van der Waals surface area contributed by atoms with E-state index in [9.17, 15) is 90.5 Å². The number of nitrogen functional groups attached to an aromatic ring is 4. The highest BCUT2D eigenvalue weighted by molar-refractivity contribution is 7.51. The highest BCUT2D eigenvalue weighted by atomic mass is 31.2. The molecule has 746 valence electrons. The molecular weight excluding hydrogens is 1960 g/mol. The number of nitrogens with one attached hydrogen (secondary N) is 5. The van der Waals surface area contributed by atoms with Crippen LogP contribution < -0.4 is 67.3 Å². The number of nitrogens with zero attached hydrogens (tertiary/aromatic N) is 14. The SMILES string of the molecule is C#CCCCOP(=O)(NCCc1ccccc1)OC[C@H]1O[C@@H](n2cnc3c(=O)[nH]c(N)nc32)C[C@@H]1OP(=O)(O)OC[C@H]1O[C@@H](n2cnc3c(N)ncnc32)C[C@@H]1OP(=O)(O)OC[C@H]1O[C@@H](n2cc(C)c(=O)[nH]c2=O)C[C@@H]1OP(=O)(O)OC[C@H]1O[C@@H](n2ccc(N)nc2=O)C[C@@H]1OP(=O)(O)OC[C@H]1O[C@@H](n2cnc3c(=O)[nH]c(N)nc32)C[C@@H]1OP(=O)(O)OC[C@H]1O[C@@H](n2cc(C)c(=O)[nH]c2=O)C[C@@H]1O. The molecule has 6 fully saturated rings. The molecule has 16 rings (SSSR count). The standard InChI is InChI=1S/C72H91N23O37P6/c1-4-5-9-16-115-133(104,82-14-12-37-10-7-6-8-11-37)116-26-45-41(21-55(125-45)94-33-80-58-62(94)84-68(75)86-66(58)99)130-137(111,112)120-29-48-42(20-54(126-48)93-32-79-57-60(74)77-31-78-61(57)93)132-138(113,114)119-28-47-40(19-53(124-47)92-24-36(3)65(98)89-72(92)103)129-136(109,110)118-27-46-39(18-52(123-46)90-15-13-50(73)83-70(90)101)128-135(107,108)121-30-49-43(22-56(127-49)95-34-81-59-63(95)85-69(76)87-67(59)100)131-134(105,106)117-25-44-38(96)17-51(122-44)91-23-35(2)64(97)88-71(91)102/h1,6-8,10-11,13,15,23-24,31-34,38-49,51-56,96H,5,9,12,14,16-22,25-30H2,2-3H3,(H,82,104)(H,105,106)(H,107,108)(H,109,110)(H,111,112)(H,113,114)(H2,73,83,101)(H2,74,77,78)(H,88,97,102)(H,89,98,103)(H3,75,84,86,99)(H3,76,85,87,100)/t38-,39-,40-,41-,42-,43-,44+,45+,46+,47+,48+,49+,51+,52+,53+,54+,55+,56+,133?/m0/s1. The number of phosphoric ester groups is 5. The van der Waals surface area contributed by atoms with Crippen LogP contribution in [0, 0.1) is 26.2 Å². The molecule has 0 bridgehead atoms. The van der Waals surface area contributed by atoms with Crippen molar-refractivity contribution in [2.75, 3.05) is 75.7 Å². The number of aliphatic hydroxyl groups excluding tert-OH is 1. The quantitative estimate of drug-likeness (QED) is 0.0140. The van der Waals surface area contributed by atoms with E-state index in [0.29, 0.717) is 6.42 Å². The zero-order chi connectivity index (χ0) is 98.2. The minimum atomic E-state index is -5.71. The van der Waals surface area contributed by atoms with Crippen molar-refractivity contribution in [3.63, 3.8) is 0 Å². The number of nitrogens with two attached hydrogens (primary N) is 4. The average molecular weight is 2060 g/mol. The highest BCUT2D eigenvalue weighted by Gasteiger charge is 2.52. The van der Waals surface area contributed by atoms with Gasteiger partial charge in [0.1, 0.15) is 122 Å². The number of imidazole rings is 3. The molecule has 1 aromatic carbocycles. The van der Waals surface area contributed by atoms with Crippen molar-refractivity contribution in [1.29, 1.82) is 0 Å². The number of anilines is 4. The van der Waals surface area contributed by atoms with Crippen molar-refractivity contribution < 1.29 is 140 Å². The van der Waals surface area contributed by atoms with Crippen LogP contribution in [-0.2, 0) is 117 Å². The maximum Gasteiger partial charge on any atom is 0.472 e. The maximum atomic E-state index is 14.6. The molecule has 66 heteroatoms. The van der Waals surface area contributed by atoms with E-state index in [1.807, 2.05) is 30.3 Å². The van der Waals surface area contributed by atoms with Crippen molar-refractivity contribution in [3.8, 4) is 12.3 Å². The topological polar surface area (TPSA) is 821 Å². The fourth-order valence-corrected chi connectivity index (χ4v) is 22.0. The maximum absolute atomic E-state index is 14.6. The van der Waals surface area contributed by atoms with Gasteiger partial charge in [-0.3, -0.25) is 121 Å². The number of hydrogen-bond donors (Lipinski definition) is 15. The third-order valence-corrected chi connectivity index (χ3v) is 29.1. The summed E-state index contributed by atoms with van der Waals surface area (Å²) in [6.45, 7) is -3.36. The highest BCUT2D eigenvalue weighted by Crippen LogP contribution is 2.57. The molecule has 10 aromatic rings.